The van der Waals surface area contributed by atoms with Crippen LogP contribution < -0.4 is 0 Å². The van der Waals surface area contributed by atoms with Crippen LogP contribution in [0, 0.1) is 10.1 Å². The van der Waals surface area contributed by atoms with E-state index in [-0.39, 0.29) is 42.3 Å². The minimum absolute atomic E-state index is 0.0208. The van der Waals surface area contributed by atoms with Gasteiger partial charge in [-0.05, 0) is 48.6 Å². The summed E-state index contributed by atoms with van der Waals surface area (Å²) in [6.07, 6.45) is 2.93. The summed E-state index contributed by atoms with van der Waals surface area (Å²) in [5, 5.41) is 11.2. The average Bonchev–Trinajstić information content (AvgIpc) is 3.21. The molecule has 0 bridgehead atoms. The van der Waals surface area contributed by atoms with Gasteiger partial charge in [-0.15, -0.1) is 0 Å². The zero-order valence-corrected chi connectivity index (χ0v) is 16.6. The maximum absolute atomic E-state index is 13.0. The van der Waals surface area contributed by atoms with Crippen molar-refractivity contribution in [1.82, 2.24) is 9.21 Å². The molecule has 1 aliphatic heterocycles. The van der Waals surface area contributed by atoms with Crippen molar-refractivity contribution in [2.75, 3.05) is 26.2 Å². The molecule has 29 heavy (non-hydrogen) atoms. The van der Waals surface area contributed by atoms with Gasteiger partial charge in [0.05, 0.1) is 9.82 Å². The molecule has 2 aromatic carbocycles. The summed E-state index contributed by atoms with van der Waals surface area (Å²) in [7, 11) is -3.63. The molecule has 0 unspecified atom stereocenters. The van der Waals surface area contributed by atoms with E-state index in [0.29, 0.717) is 0 Å². The van der Waals surface area contributed by atoms with E-state index in [2.05, 4.69) is 0 Å². The molecule has 2 aromatic rings. The summed E-state index contributed by atoms with van der Waals surface area (Å²) < 4.78 is 27.4. The monoisotopic (exact) mass is 415 g/mol. The molecule has 0 N–H and O–H groups in total. The lowest BCUT2D eigenvalue weighted by Gasteiger charge is -2.34. The van der Waals surface area contributed by atoms with Crippen molar-refractivity contribution in [3.8, 4) is 0 Å². The Labute approximate surface area is 168 Å². The van der Waals surface area contributed by atoms with Crippen LogP contribution in [-0.4, -0.2) is 54.6 Å². The number of nitro benzene ring substituents is 1. The van der Waals surface area contributed by atoms with Crippen LogP contribution in [0.3, 0.4) is 0 Å². The number of rotatable bonds is 4. The molecule has 0 spiro atoms. The first-order chi connectivity index (χ1) is 13.9. The van der Waals surface area contributed by atoms with Gasteiger partial charge in [0, 0.05) is 32.2 Å². The van der Waals surface area contributed by atoms with Crippen LogP contribution >= 0.6 is 0 Å². The number of carbonyl (C=O) groups is 1. The number of amides is 1. The van der Waals surface area contributed by atoms with Crippen molar-refractivity contribution in [3.05, 3.63) is 69.3 Å². The fourth-order valence-electron chi connectivity index (χ4n) is 3.97. The molecule has 0 radical (unpaired) electrons. The summed E-state index contributed by atoms with van der Waals surface area (Å²) >= 11 is 0. The number of hydrogen-bond acceptors (Lipinski definition) is 5. The number of fused-ring (bicyclic) bond motifs is 1. The first kappa shape index (κ1) is 19.5. The first-order valence-electron chi connectivity index (χ1n) is 9.52. The highest BCUT2D eigenvalue weighted by Crippen LogP contribution is 2.27. The van der Waals surface area contributed by atoms with Gasteiger partial charge in [0.1, 0.15) is 5.56 Å². The second-order valence-electron chi connectivity index (χ2n) is 7.25. The Bertz CT molecular complexity index is 1080. The third-order valence-corrected chi connectivity index (χ3v) is 7.46. The summed E-state index contributed by atoms with van der Waals surface area (Å²) in [5.41, 5.74) is 2.08. The SMILES string of the molecule is O=C(c1ccccc1[N+](=O)[O-])N1CCN(S(=O)(=O)c2ccc3c(c2)CCC3)CC1. The number of para-hydroxylation sites is 1. The summed E-state index contributed by atoms with van der Waals surface area (Å²) in [4.78, 5) is 25.1. The molecular formula is C20H21N3O5S. The van der Waals surface area contributed by atoms with Crippen molar-refractivity contribution in [3.63, 3.8) is 0 Å². The third kappa shape index (κ3) is 3.63. The molecule has 0 atom stereocenters. The molecule has 1 fully saturated rings. The molecular weight excluding hydrogens is 394 g/mol. The van der Waals surface area contributed by atoms with E-state index in [0.717, 1.165) is 24.8 Å². The molecule has 152 valence electrons. The van der Waals surface area contributed by atoms with Gasteiger partial charge in [0.25, 0.3) is 11.6 Å². The number of nitrogens with zero attached hydrogens (tertiary/aromatic N) is 3. The van der Waals surface area contributed by atoms with E-state index in [9.17, 15) is 23.3 Å². The second-order valence-corrected chi connectivity index (χ2v) is 9.19. The zero-order chi connectivity index (χ0) is 20.6. The minimum atomic E-state index is -3.63. The zero-order valence-electron chi connectivity index (χ0n) is 15.8. The maximum atomic E-state index is 13.0. The van der Waals surface area contributed by atoms with Gasteiger partial charge in [-0.25, -0.2) is 8.42 Å². The van der Waals surface area contributed by atoms with E-state index in [1.807, 2.05) is 6.07 Å². The number of carbonyl (C=O) groups excluding carboxylic acids is 1. The van der Waals surface area contributed by atoms with E-state index in [4.69, 9.17) is 0 Å². The van der Waals surface area contributed by atoms with Crippen LogP contribution in [0.1, 0.15) is 27.9 Å². The number of nitro groups is 1. The predicted octanol–water partition coefficient (Wildman–Crippen LogP) is 2.23. The van der Waals surface area contributed by atoms with E-state index < -0.39 is 20.9 Å². The lowest BCUT2D eigenvalue weighted by Crippen LogP contribution is -2.50. The molecule has 1 heterocycles. The van der Waals surface area contributed by atoms with Crippen molar-refractivity contribution in [2.45, 2.75) is 24.2 Å². The van der Waals surface area contributed by atoms with Crippen molar-refractivity contribution < 1.29 is 18.1 Å². The fraction of sp³-hybridized carbons (Fsp3) is 0.350. The molecule has 4 rings (SSSR count). The maximum Gasteiger partial charge on any atom is 0.282 e. The molecule has 2 aliphatic rings. The Morgan fingerprint density at radius 1 is 0.966 bits per heavy atom. The second kappa shape index (κ2) is 7.57. The molecule has 8 nitrogen and oxygen atoms in total. The van der Waals surface area contributed by atoms with Crippen LogP contribution in [0.2, 0.25) is 0 Å². The number of piperazine rings is 1. The van der Waals surface area contributed by atoms with Crippen LogP contribution in [-0.2, 0) is 22.9 Å². The smallest absolute Gasteiger partial charge is 0.282 e. The third-order valence-electron chi connectivity index (χ3n) is 5.56. The van der Waals surface area contributed by atoms with Crippen LogP contribution in [0.15, 0.2) is 47.4 Å². The summed E-state index contributed by atoms with van der Waals surface area (Å²) in [5.74, 6) is -0.452. The van der Waals surface area contributed by atoms with Crippen LogP contribution in [0.5, 0.6) is 0 Å². The van der Waals surface area contributed by atoms with Crippen molar-refractivity contribution >= 4 is 21.6 Å². The number of aryl methyl sites for hydroxylation is 2. The highest BCUT2D eigenvalue weighted by molar-refractivity contribution is 7.89. The molecule has 1 amide bonds. The lowest BCUT2D eigenvalue weighted by atomic mass is 10.1. The molecule has 0 saturated carbocycles. The summed E-state index contributed by atoms with van der Waals surface area (Å²) in [6, 6.07) is 11.1. The topological polar surface area (TPSA) is 101 Å². The quantitative estimate of drug-likeness (QED) is 0.563. The summed E-state index contributed by atoms with van der Waals surface area (Å²) in [6.45, 7) is 0.696. The molecule has 0 aromatic heterocycles. The highest BCUT2D eigenvalue weighted by atomic mass is 32.2. The van der Waals surface area contributed by atoms with E-state index in [1.165, 1.54) is 33.0 Å². The standard InChI is InChI=1S/C20H21N3O5S/c24-20(18-6-1-2-7-19(18)23(25)26)21-10-12-22(13-11-21)29(27,28)17-9-8-15-4-3-5-16(15)14-17/h1-2,6-9,14H,3-5,10-13H2. The van der Waals surface area contributed by atoms with Gasteiger partial charge >= 0.3 is 0 Å². The van der Waals surface area contributed by atoms with Gasteiger partial charge in [0.2, 0.25) is 10.0 Å². The average molecular weight is 415 g/mol. The fourth-order valence-corrected chi connectivity index (χ4v) is 5.45. The first-order valence-corrected chi connectivity index (χ1v) is 11.0. The van der Waals surface area contributed by atoms with Gasteiger partial charge in [-0.1, -0.05) is 18.2 Å². The Kier molecular flexibility index (Phi) is 5.10. The van der Waals surface area contributed by atoms with Crippen LogP contribution in [0.25, 0.3) is 0 Å². The number of sulfonamides is 1. The van der Waals surface area contributed by atoms with Gasteiger partial charge in [-0.3, -0.25) is 14.9 Å². The van der Waals surface area contributed by atoms with E-state index >= 15 is 0 Å². The Morgan fingerprint density at radius 2 is 1.66 bits per heavy atom. The predicted molar refractivity (Wildman–Crippen MR) is 106 cm³/mol. The van der Waals surface area contributed by atoms with Gasteiger partial charge < -0.3 is 4.90 Å². The lowest BCUT2D eigenvalue weighted by molar-refractivity contribution is -0.385. The molecule has 1 saturated heterocycles. The normalized spacial score (nSPS) is 17.2. The van der Waals surface area contributed by atoms with Gasteiger partial charge in [-0.2, -0.15) is 4.31 Å². The number of benzene rings is 2. The van der Waals surface area contributed by atoms with E-state index in [1.54, 1.807) is 18.2 Å². The minimum Gasteiger partial charge on any atom is -0.336 e. The van der Waals surface area contributed by atoms with Crippen molar-refractivity contribution in [1.29, 1.82) is 0 Å². The molecule has 1 aliphatic carbocycles. The van der Waals surface area contributed by atoms with Crippen molar-refractivity contribution in [2.24, 2.45) is 0 Å². The number of hydrogen-bond donors (Lipinski definition) is 0. The molecule has 9 heteroatoms. The largest absolute Gasteiger partial charge is 0.336 e. The Morgan fingerprint density at radius 3 is 2.38 bits per heavy atom. The highest BCUT2D eigenvalue weighted by Gasteiger charge is 2.32. The Balaban J connectivity index is 1.48. The van der Waals surface area contributed by atoms with Crippen LogP contribution in [0.4, 0.5) is 5.69 Å². The van der Waals surface area contributed by atoms with Gasteiger partial charge in [0.15, 0.2) is 0 Å². The Hall–Kier alpha value is -2.78.